The van der Waals surface area contributed by atoms with Crippen LogP contribution in [0.4, 0.5) is 10.5 Å². The molecule has 2 aromatic heterocycles. The van der Waals surface area contributed by atoms with E-state index in [1.165, 1.54) is 0 Å². The molecule has 1 saturated heterocycles. The van der Waals surface area contributed by atoms with Crippen LogP contribution in [0.15, 0.2) is 33.3 Å². The summed E-state index contributed by atoms with van der Waals surface area (Å²) in [4.78, 5) is 33.5. The van der Waals surface area contributed by atoms with Crippen molar-refractivity contribution in [1.29, 1.82) is 0 Å². The molecule has 1 fully saturated rings. The van der Waals surface area contributed by atoms with E-state index < -0.39 is 5.97 Å². The first kappa shape index (κ1) is 23.4. The highest BCUT2D eigenvalue weighted by atomic mass is 16.5. The Morgan fingerprint density at radius 1 is 1.09 bits per heavy atom. The minimum absolute atomic E-state index is 0.251. The van der Waals surface area contributed by atoms with Gasteiger partial charge in [0.1, 0.15) is 11.3 Å². The van der Waals surface area contributed by atoms with Gasteiger partial charge in [0.2, 0.25) is 0 Å². The lowest BCUT2D eigenvalue weighted by molar-refractivity contribution is 0.0527. The molecular weight excluding hydrogens is 440 g/mol. The minimum atomic E-state index is -0.462. The number of nitrogens with one attached hydrogen (secondary N) is 1. The molecule has 11 heteroatoms. The molecule has 1 N–H and O–H groups in total. The first-order valence-electron chi connectivity index (χ1n) is 11.3. The molecule has 0 spiro atoms. The maximum absolute atomic E-state index is 12.9. The number of urea groups is 1. The zero-order valence-electron chi connectivity index (χ0n) is 19.5. The molecule has 0 atom stereocenters. The molecular formula is C23H28N6O5. The number of aromatic nitrogens is 3. The fraction of sp³-hybridized carbons (Fsp3) is 0.435. The van der Waals surface area contributed by atoms with Gasteiger partial charge in [0.15, 0.2) is 5.82 Å². The number of aryl methyl sites for hydroxylation is 2. The fourth-order valence-corrected chi connectivity index (χ4v) is 3.91. The molecule has 11 nitrogen and oxygen atoms in total. The third kappa shape index (κ3) is 5.25. The van der Waals surface area contributed by atoms with Crippen LogP contribution in [0.25, 0.3) is 11.5 Å². The summed E-state index contributed by atoms with van der Waals surface area (Å²) in [6, 6.07) is 6.59. The Kier molecular flexibility index (Phi) is 7.21. The summed E-state index contributed by atoms with van der Waals surface area (Å²) in [6.45, 7) is 8.72. The van der Waals surface area contributed by atoms with E-state index in [1.54, 1.807) is 43.0 Å². The number of esters is 1. The molecule has 0 bridgehead atoms. The van der Waals surface area contributed by atoms with Crippen molar-refractivity contribution in [3.05, 3.63) is 47.1 Å². The highest BCUT2D eigenvalue weighted by Crippen LogP contribution is 2.25. The highest BCUT2D eigenvalue weighted by molar-refractivity contribution is 6.00. The highest BCUT2D eigenvalue weighted by Gasteiger charge is 2.23. The van der Waals surface area contributed by atoms with Gasteiger partial charge in [-0.1, -0.05) is 22.4 Å². The maximum Gasteiger partial charge on any atom is 0.340 e. The molecule has 4 rings (SSSR count). The van der Waals surface area contributed by atoms with Crippen LogP contribution < -0.4 is 5.32 Å². The Hall–Kier alpha value is -3.73. The number of hydrogen-bond acceptors (Lipinski definition) is 9. The second kappa shape index (κ2) is 10.5. The van der Waals surface area contributed by atoms with Gasteiger partial charge in [-0.25, -0.2) is 9.59 Å². The average molecular weight is 469 g/mol. The van der Waals surface area contributed by atoms with Crippen LogP contribution in [-0.2, 0) is 11.3 Å². The maximum atomic E-state index is 12.9. The largest absolute Gasteiger partial charge is 0.462 e. The molecule has 0 saturated carbocycles. The lowest BCUT2D eigenvalue weighted by atomic mass is 10.2. The van der Waals surface area contributed by atoms with E-state index in [-0.39, 0.29) is 12.6 Å². The molecule has 1 aromatic carbocycles. The van der Waals surface area contributed by atoms with Crippen LogP contribution in [0.1, 0.15) is 41.0 Å². The zero-order chi connectivity index (χ0) is 24.1. The molecule has 180 valence electrons. The van der Waals surface area contributed by atoms with Gasteiger partial charge in [-0.2, -0.15) is 4.98 Å². The topological polar surface area (TPSA) is 127 Å². The van der Waals surface area contributed by atoms with E-state index in [4.69, 9.17) is 13.8 Å². The number of para-hydroxylation sites is 1. The van der Waals surface area contributed by atoms with Gasteiger partial charge < -0.3 is 24.0 Å². The third-order valence-electron chi connectivity index (χ3n) is 5.62. The predicted molar refractivity (Wildman–Crippen MR) is 122 cm³/mol. The van der Waals surface area contributed by atoms with Crippen molar-refractivity contribution in [2.75, 3.05) is 38.1 Å². The SMILES string of the molecule is CCOC(=O)c1ccccc1NC(=O)N1CCCN(Cc2noc(-c3c(C)noc3C)n2)CC1. The van der Waals surface area contributed by atoms with Crippen molar-refractivity contribution in [1.82, 2.24) is 25.1 Å². The number of carbonyl (C=O) groups is 2. The van der Waals surface area contributed by atoms with Crippen LogP contribution in [-0.4, -0.2) is 69.9 Å². The van der Waals surface area contributed by atoms with Gasteiger partial charge in [-0.15, -0.1) is 0 Å². The first-order chi connectivity index (χ1) is 16.5. The van der Waals surface area contributed by atoms with E-state index in [0.29, 0.717) is 60.6 Å². The molecule has 3 heterocycles. The van der Waals surface area contributed by atoms with Gasteiger partial charge in [0.05, 0.1) is 30.1 Å². The summed E-state index contributed by atoms with van der Waals surface area (Å²) in [5.41, 5.74) is 2.19. The van der Waals surface area contributed by atoms with E-state index >= 15 is 0 Å². The number of hydrogen-bond donors (Lipinski definition) is 1. The van der Waals surface area contributed by atoms with Crippen molar-refractivity contribution in [2.24, 2.45) is 0 Å². The number of benzene rings is 1. The first-order valence-corrected chi connectivity index (χ1v) is 11.3. The van der Waals surface area contributed by atoms with Gasteiger partial charge in [0, 0.05) is 26.2 Å². The monoisotopic (exact) mass is 468 g/mol. The van der Waals surface area contributed by atoms with Crippen molar-refractivity contribution >= 4 is 17.7 Å². The van der Waals surface area contributed by atoms with Gasteiger partial charge in [-0.05, 0) is 39.3 Å². The van der Waals surface area contributed by atoms with E-state index in [9.17, 15) is 9.59 Å². The zero-order valence-corrected chi connectivity index (χ0v) is 19.5. The molecule has 34 heavy (non-hydrogen) atoms. The van der Waals surface area contributed by atoms with Crippen LogP contribution in [0.5, 0.6) is 0 Å². The van der Waals surface area contributed by atoms with Crippen LogP contribution in [0, 0.1) is 13.8 Å². The summed E-state index contributed by atoms with van der Waals surface area (Å²) in [7, 11) is 0. The number of ether oxygens (including phenoxy) is 1. The summed E-state index contributed by atoms with van der Waals surface area (Å²) in [6.07, 6.45) is 0.793. The summed E-state index contributed by atoms with van der Waals surface area (Å²) in [5.74, 6) is 1.13. The molecule has 1 aliphatic heterocycles. The molecule has 0 radical (unpaired) electrons. The second-order valence-corrected chi connectivity index (χ2v) is 8.03. The smallest absolute Gasteiger partial charge is 0.340 e. The number of carbonyl (C=O) groups excluding carboxylic acids is 2. The molecule has 0 aliphatic carbocycles. The lowest BCUT2D eigenvalue weighted by Crippen LogP contribution is -2.38. The standard InChI is InChI=1S/C23H28N6O5/c1-4-32-22(30)17-8-5-6-9-18(17)24-23(31)29-11-7-10-28(12-13-29)14-19-25-21(34-27-19)20-15(2)26-33-16(20)3/h5-6,8-9H,4,7,10-14H2,1-3H3,(H,24,31). The van der Waals surface area contributed by atoms with Crippen molar-refractivity contribution < 1.29 is 23.4 Å². The normalized spacial score (nSPS) is 14.6. The van der Waals surface area contributed by atoms with Gasteiger partial charge >= 0.3 is 12.0 Å². The Morgan fingerprint density at radius 3 is 2.68 bits per heavy atom. The Bertz CT molecular complexity index is 1140. The van der Waals surface area contributed by atoms with E-state index in [0.717, 1.165) is 18.5 Å². The number of rotatable bonds is 6. The van der Waals surface area contributed by atoms with Crippen molar-refractivity contribution in [2.45, 2.75) is 33.7 Å². The summed E-state index contributed by atoms with van der Waals surface area (Å²) in [5, 5.41) is 10.9. The lowest BCUT2D eigenvalue weighted by Gasteiger charge is -2.22. The molecule has 2 amide bonds. The van der Waals surface area contributed by atoms with Crippen LogP contribution in [0.2, 0.25) is 0 Å². The molecule has 1 aliphatic rings. The Labute approximate surface area is 197 Å². The Morgan fingerprint density at radius 2 is 1.91 bits per heavy atom. The quantitative estimate of drug-likeness (QED) is 0.542. The second-order valence-electron chi connectivity index (χ2n) is 8.03. The fourth-order valence-electron chi connectivity index (χ4n) is 3.91. The van der Waals surface area contributed by atoms with E-state index in [2.05, 4.69) is 25.5 Å². The molecule has 3 aromatic rings. The number of anilines is 1. The third-order valence-corrected chi connectivity index (χ3v) is 5.62. The number of nitrogens with zero attached hydrogens (tertiary/aromatic N) is 5. The van der Waals surface area contributed by atoms with Crippen molar-refractivity contribution in [3.63, 3.8) is 0 Å². The number of amides is 2. The van der Waals surface area contributed by atoms with Gasteiger partial charge in [-0.3, -0.25) is 4.90 Å². The predicted octanol–water partition coefficient (Wildman–Crippen LogP) is 3.26. The molecule has 0 unspecified atom stereocenters. The summed E-state index contributed by atoms with van der Waals surface area (Å²) < 4.78 is 15.7. The minimum Gasteiger partial charge on any atom is -0.462 e. The van der Waals surface area contributed by atoms with Crippen molar-refractivity contribution in [3.8, 4) is 11.5 Å². The summed E-state index contributed by atoms with van der Waals surface area (Å²) >= 11 is 0. The van der Waals surface area contributed by atoms with Gasteiger partial charge in [0.25, 0.3) is 5.89 Å². The van der Waals surface area contributed by atoms with Crippen LogP contribution >= 0.6 is 0 Å². The Balaban J connectivity index is 1.35. The average Bonchev–Trinajstić information content (AvgIpc) is 3.32. The van der Waals surface area contributed by atoms with Crippen LogP contribution in [0.3, 0.4) is 0 Å². The van der Waals surface area contributed by atoms with E-state index in [1.807, 2.05) is 6.92 Å².